The Kier molecular flexibility index (Phi) is 6.81. The van der Waals surface area contributed by atoms with E-state index in [2.05, 4.69) is 0 Å². The average molecular weight is 514 g/mol. The van der Waals surface area contributed by atoms with Crippen molar-refractivity contribution in [3.63, 3.8) is 0 Å². The first-order valence-electron chi connectivity index (χ1n) is 10.4. The molecule has 0 radical (unpaired) electrons. The minimum absolute atomic E-state index is 0.0346. The van der Waals surface area contributed by atoms with Gasteiger partial charge in [0, 0.05) is 55.3 Å². The maximum Gasteiger partial charge on any atom is 0.271 e. The van der Waals surface area contributed by atoms with Gasteiger partial charge in [-0.05, 0) is 31.0 Å². The molecule has 1 heterocycles. The molecule has 1 aliphatic carbocycles. The molecular weight excluding hydrogens is 493 g/mol. The summed E-state index contributed by atoms with van der Waals surface area (Å²) in [6.45, 7) is 0.696. The zero-order valence-electron chi connectivity index (χ0n) is 17.4. The fraction of sp³-hybridized carbons (Fsp3) is 0.381. The van der Waals surface area contributed by atoms with Gasteiger partial charge in [0.25, 0.3) is 5.69 Å². The van der Waals surface area contributed by atoms with Crippen molar-refractivity contribution in [1.29, 1.82) is 0 Å². The van der Waals surface area contributed by atoms with Gasteiger partial charge in [0.15, 0.2) is 0 Å². The Morgan fingerprint density at radius 3 is 2.33 bits per heavy atom. The molecule has 2 fully saturated rings. The van der Waals surface area contributed by atoms with E-state index in [4.69, 9.17) is 27.9 Å². The lowest BCUT2D eigenvalue weighted by molar-refractivity contribution is -0.385. The number of nitro benzene ring substituents is 1. The SMILES string of the molecule is O=C(C1CCC1)N1CCN(S(=O)(=O)c2cc([N+](=O)[O-])ccc2Oc2cc(Cl)ccc2Cl)CC1. The zero-order chi connectivity index (χ0) is 23.8. The highest BCUT2D eigenvalue weighted by Gasteiger charge is 2.36. The fourth-order valence-electron chi connectivity index (χ4n) is 3.77. The molecule has 2 aromatic carbocycles. The van der Waals surface area contributed by atoms with Gasteiger partial charge in [0.1, 0.15) is 16.4 Å². The zero-order valence-corrected chi connectivity index (χ0v) is 19.8. The van der Waals surface area contributed by atoms with Crippen LogP contribution in [0, 0.1) is 16.0 Å². The summed E-state index contributed by atoms with van der Waals surface area (Å²) in [6, 6.07) is 7.81. The summed E-state index contributed by atoms with van der Waals surface area (Å²) < 4.78 is 33.9. The van der Waals surface area contributed by atoms with Crippen LogP contribution in [0.25, 0.3) is 0 Å². The summed E-state index contributed by atoms with van der Waals surface area (Å²) in [5.74, 6) is 0.101. The smallest absolute Gasteiger partial charge is 0.271 e. The van der Waals surface area contributed by atoms with Gasteiger partial charge in [-0.15, -0.1) is 0 Å². The van der Waals surface area contributed by atoms with Crippen LogP contribution < -0.4 is 4.74 Å². The maximum atomic E-state index is 13.5. The van der Waals surface area contributed by atoms with E-state index < -0.39 is 20.6 Å². The molecule has 4 rings (SSSR count). The normalized spacial score (nSPS) is 17.5. The van der Waals surface area contributed by atoms with Crippen LogP contribution in [0.4, 0.5) is 5.69 Å². The Balaban J connectivity index is 1.61. The molecular formula is C21H21Cl2N3O6S. The third-order valence-electron chi connectivity index (χ3n) is 5.87. The molecule has 1 saturated carbocycles. The number of carbonyl (C=O) groups excluding carboxylic acids is 1. The average Bonchev–Trinajstić information content (AvgIpc) is 2.75. The molecule has 12 heteroatoms. The van der Waals surface area contributed by atoms with Crippen LogP contribution in [0.15, 0.2) is 41.3 Å². The number of sulfonamides is 1. The summed E-state index contributed by atoms with van der Waals surface area (Å²) in [7, 11) is -4.16. The lowest BCUT2D eigenvalue weighted by Crippen LogP contribution is -2.52. The van der Waals surface area contributed by atoms with Gasteiger partial charge in [-0.2, -0.15) is 4.31 Å². The van der Waals surface area contributed by atoms with Crippen molar-refractivity contribution in [3.05, 3.63) is 56.6 Å². The molecule has 1 amide bonds. The standard InChI is InChI=1S/C21H21Cl2N3O6S/c22-15-4-6-17(23)19(12-15)32-18-7-5-16(26(28)29)13-20(18)33(30,31)25-10-8-24(9-11-25)21(27)14-2-1-3-14/h4-7,12-14H,1-3,8-11H2. The van der Waals surface area contributed by atoms with Gasteiger partial charge in [-0.25, -0.2) is 8.42 Å². The molecule has 0 N–H and O–H groups in total. The Labute approximate surface area is 201 Å². The number of hydrogen-bond donors (Lipinski definition) is 0. The van der Waals surface area contributed by atoms with Gasteiger partial charge >= 0.3 is 0 Å². The summed E-state index contributed by atoms with van der Waals surface area (Å²) in [4.78, 5) is 24.5. The van der Waals surface area contributed by atoms with E-state index in [0.717, 1.165) is 31.4 Å². The van der Waals surface area contributed by atoms with Crippen LogP contribution in [0.2, 0.25) is 10.0 Å². The fourth-order valence-corrected chi connectivity index (χ4v) is 5.65. The number of hydrogen-bond acceptors (Lipinski definition) is 6. The molecule has 0 atom stereocenters. The van der Waals surface area contributed by atoms with E-state index >= 15 is 0 Å². The minimum Gasteiger partial charge on any atom is -0.454 e. The summed E-state index contributed by atoms with van der Waals surface area (Å²) in [5.41, 5.74) is -0.392. The van der Waals surface area contributed by atoms with Crippen LogP contribution in [-0.4, -0.2) is 54.6 Å². The summed E-state index contributed by atoms with van der Waals surface area (Å²) >= 11 is 12.1. The lowest BCUT2D eigenvalue weighted by Gasteiger charge is -2.37. The molecule has 0 spiro atoms. The molecule has 2 aromatic rings. The summed E-state index contributed by atoms with van der Waals surface area (Å²) in [5, 5.41) is 11.8. The molecule has 0 bridgehead atoms. The number of piperazine rings is 1. The second kappa shape index (κ2) is 9.46. The number of non-ortho nitro benzene ring substituents is 1. The molecule has 0 unspecified atom stereocenters. The molecule has 1 saturated heterocycles. The van der Waals surface area contributed by atoms with Gasteiger partial charge in [-0.1, -0.05) is 29.6 Å². The monoisotopic (exact) mass is 513 g/mol. The first kappa shape index (κ1) is 23.7. The highest BCUT2D eigenvalue weighted by atomic mass is 35.5. The van der Waals surface area contributed by atoms with Crippen LogP contribution in [0.1, 0.15) is 19.3 Å². The van der Waals surface area contributed by atoms with Crippen LogP contribution in [-0.2, 0) is 14.8 Å². The highest BCUT2D eigenvalue weighted by Crippen LogP contribution is 2.38. The van der Waals surface area contributed by atoms with Crippen molar-refractivity contribution in [2.45, 2.75) is 24.2 Å². The number of benzene rings is 2. The molecule has 176 valence electrons. The Hall–Kier alpha value is -2.40. The van der Waals surface area contributed by atoms with Crippen molar-refractivity contribution in [1.82, 2.24) is 9.21 Å². The highest BCUT2D eigenvalue weighted by molar-refractivity contribution is 7.89. The number of nitro groups is 1. The quantitative estimate of drug-likeness (QED) is 0.419. The first-order valence-corrected chi connectivity index (χ1v) is 12.6. The number of ether oxygens (including phenoxy) is 1. The number of nitrogens with zero attached hydrogens (tertiary/aromatic N) is 3. The third-order valence-corrected chi connectivity index (χ3v) is 8.34. The predicted octanol–water partition coefficient (Wildman–Crippen LogP) is 4.33. The second-order valence-corrected chi connectivity index (χ2v) is 10.7. The van der Waals surface area contributed by atoms with Gasteiger partial charge in [0.2, 0.25) is 15.9 Å². The van der Waals surface area contributed by atoms with E-state index in [1.54, 1.807) is 11.0 Å². The maximum absolute atomic E-state index is 13.5. The Morgan fingerprint density at radius 2 is 1.73 bits per heavy atom. The molecule has 9 nitrogen and oxygen atoms in total. The van der Waals surface area contributed by atoms with E-state index in [1.165, 1.54) is 22.5 Å². The Morgan fingerprint density at radius 1 is 1.03 bits per heavy atom. The van der Waals surface area contributed by atoms with Gasteiger partial charge < -0.3 is 9.64 Å². The van der Waals surface area contributed by atoms with Crippen LogP contribution in [0.5, 0.6) is 11.5 Å². The van der Waals surface area contributed by atoms with E-state index in [-0.39, 0.29) is 59.4 Å². The van der Waals surface area contributed by atoms with E-state index in [0.29, 0.717) is 5.02 Å². The van der Waals surface area contributed by atoms with Crippen LogP contribution in [0.3, 0.4) is 0 Å². The molecule has 1 aliphatic heterocycles. The van der Waals surface area contributed by atoms with Crippen molar-refractivity contribution in [3.8, 4) is 11.5 Å². The number of halogens is 2. The molecule has 0 aromatic heterocycles. The van der Waals surface area contributed by atoms with Gasteiger partial charge in [0.05, 0.1) is 9.95 Å². The Bertz CT molecular complexity index is 1190. The largest absolute Gasteiger partial charge is 0.454 e. The van der Waals surface area contributed by atoms with Gasteiger partial charge in [-0.3, -0.25) is 14.9 Å². The molecule has 2 aliphatic rings. The van der Waals surface area contributed by atoms with E-state index in [1.807, 2.05) is 0 Å². The van der Waals surface area contributed by atoms with Crippen LogP contribution >= 0.6 is 23.2 Å². The number of rotatable bonds is 6. The number of carbonyl (C=O) groups is 1. The summed E-state index contributed by atoms with van der Waals surface area (Å²) in [6.07, 6.45) is 2.78. The van der Waals surface area contributed by atoms with Crippen molar-refractivity contribution in [2.24, 2.45) is 5.92 Å². The molecule has 33 heavy (non-hydrogen) atoms. The minimum atomic E-state index is -4.16. The third kappa shape index (κ3) is 4.93. The topological polar surface area (TPSA) is 110 Å². The van der Waals surface area contributed by atoms with Crippen molar-refractivity contribution >= 4 is 44.8 Å². The first-order chi connectivity index (χ1) is 15.7. The lowest BCUT2D eigenvalue weighted by atomic mass is 9.84. The van der Waals surface area contributed by atoms with Crippen molar-refractivity contribution in [2.75, 3.05) is 26.2 Å². The van der Waals surface area contributed by atoms with Crippen molar-refractivity contribution < 1.29 is 22.9 Å². The number of amides is 1. The van der Waals surface area contributed by atoms with E-state index in [9.17, 15) is 23.3 Å². The second-order valence-electron chi connectivity index (χ2n) is 7.92. The predicted molar refractivity (Wildman–Crippen MR) is 122 cm³/mol.